The Hall–Kier alpha value is -2.08. The van der Waals surface area contributed by atoms with Crippen molar-refractivity contribution in [1.82, 2.24) is 9.80 Å². The standard InChI is InChI=1S/C20H28N2O4/c1-26-18-7-3-2-5-16(18)17-6-4-11-21(17)14-10-19(23)22-12-8-15(9-13-22)20(24)25/h2-3,5,7,15,17H,4,6,8-14H2,1H3,(H,24,25). The normalized spacial score (nSPS) is 21.7. The number of rotatable bonds is 6. The van der Waals surface area contributed by atoms with Crippen LogP contribution < -0.4 is 4.74 Å². The first-order valence-electron chi connectivity index (χ1n) is 9.47. The van der Waals surface area contributed by atoms with Crippen molar-refractivity contribution >= 4 is 11.9 Å². The van der Waals surface area contributed by atoms with Crippen molar-refractivity contribution in [3.8, 4) is 5.75 Å². The molecule has 1 aromatic carbocycles. The van der Waals surface area contributed by atoms with Gasteiger partial charge in [-0.15, -0.1) is 0 Å². The number of carboxylic acid groups (broad SMARTS) is 1. The monoisotopic (exact) mass is 360 g/mol. The number of para-hydroxylation sites is 1. The van der Waals surface area contributed by atoms with Crippen LogP contribution >= 0.6 is 0 Å². The zero-order valence-electron chi connectivity index (χ0n) is 15.4. The molecule has 2 heterocycles. The van der Waals surface area contributed by atoms with Gasteiger partial charge in [-0.05, 0) is 38.3 Å². The minimum absolute atomic E-state index is 0.138. The van der Waals surface area contributed by atoms with Gasteiger partial charge in [0.25, 0.3) is 0 Å². The molecule has 0 spiro atoms. The molecule has 2 aliphatic rings. The van der Waals surface area contributed by atoms with Crippen molar-refractivity contribution in [3.05, 3.63) is 29.8 Å². The van der Waals surface area contributed by atoms with Crippen LogP contribution in [0.25, 0.3) is 0 Å². The largest absolute Gasteiger partial charge is 0.496 e. The summed E-state index contributed by atoms with van der Waals surface area (Å²) in [6, 6.07) is 8.42. The Morgan fingerprint density at radius 3 is 2.58 bits per heavy atom. The van der Waals surface area contributed by atoms with E-state index in [1.165, 1.54) is 5.56 Å². The molecule has 142 valence electrons. The molecule has 1 atom stereocenters. The number of ether oxygens (including phenoxy) is 1. The SMILES string of the molecule is COc1ccccc1C1CCCN1CCC(=O)N1CCC(C(=O)O)CC1. The van der Waals surface area contributed by atoms with Gasteiger partial charge in [0.15, 0.2) is 0 Å². The molecule has 2 aliphatic heterocycles. The number of hydrogen-bond acceptors (Lipinski definition) is 4. The van der Waals surface area contributed by atoms with Crippen LogP contribution in [0.1, 0.15) is 43.7 Å². The summed E-state index contributed by atoms with van der Waals surface area (Å²) < 4.78 is 5.51. The maximum absolute atomic E-state index is 12.5. The van der Waals surface area contributed by atoms with E-state index in [4.69, 9.17) is 9.84 Å². The summed E-state index contributed by atoms with van der Waals surface area (Å²) in [5.74, 6) is 0.00681. The van der Waals surface area contributed by atoms with Gasteiger partial charge < -0.3 is 14.7 Å². The summed E-state index contributed by atoms with van der Waals surface area (Å²) in [5.41, 5.74) is 1.20. The average molecular weight is 360 g/mol. The van der Waals surface area contributed by atoms with Gasteiger partial charge in [0, 0.05) is 37.7 Å². The van der Waals surface area contributed by atoms with Crippen LogP contribution in [-0.2, 0) is 9.59 Å². The first-order valence-corrected chi connectivity index (χ1v) is 9.47. The van der Waals surface area contributed by atoms with Gasteiger partial charge in [-0.3, -0.25) is 14.5 Å². The van der Waals surface area contributed by atoms with E-state index in [1.54, 1.807) is 7.11 Å². The van der Waals surface area contributed by atoms with E-state index in [2.05, 4.69) is 11.0 Å². The number of benzene rings is 1. The molecule has 1 N–H and O–H groups in total. The number of carboxylic acids is 1. The maximum Gasteiger partial charge on any atom is 0.306 e. The summed E-state index contributed by atoms with van der Waals surface area (Å²) >= 11 is 0. The summed E-state index contributed by atoms with van der Waals surface area (Å²) in [6.45, 7) is 2.86. The molecular weight excluding hydrogens is 332 g/mol. The number of carbonyl (C=O) groups is 2. The minimum Gasteiger partial charge on any atom is -0.496 e. The lowest BCUT2D eigenvalue weighted by molar-refractivity contribution is -0.145. The number of nitrogens with zero attached hydrogens (tertiary/aromatic N) is 2. The Morgan fingerprint density at radius 1 is 1.15 bits per heavy atom. The van der Waals surface area contributed by atoms with Crippen molar-refractivity contribution in [1.29, 1.82) is 0 Å². The second-order valence-electron chi connectivity index (χ2n) is 7.18. The molecule has 2 saturated heterocycles. The summed E-state index contributed by atoms with van der Waals surface area (Å²) in [4.78, 5) is 27.8. The van der Waals surface area contributed by atoms with Crippen LogP contribution in [-0.4, -0.2) is 60.1 Å². The Balaban J connectivity index is 1.54. The molecule has 26 heavy (non-hydrogen) atoms. The third-order valence-corrected chi connectivity index (χ3v) is 5.67. The van der Waals surface area contributed by atoms with Gasteiger partial charge in [-0.1, -0.05) is 18.2 Å². The molecular formula is C20H28N2O4. The number of hydrogen-bond donors (Lipinski definition) is 1. The Labute approximate surface area is 154 Å². The van der Waals surface area contributed by atoms with Gasteiger partial charge in [-0.25, -0.2) is 0 Å². The summed E-state index contributed by atoms with van der Waals surface area (Å²) in [7, 11) is 1.70. The number of likely N-dealkylation sites (tertiary alicyclic amines) is 2. The van der Waals surface area contributed by atoms with Crippen LogP contribution in [0.15, 0.2) is 24.3 Å². The highest BCUT2D eigenvalue weighted by atomic mass is 16.5. The smallest absolute Gasteiger partial charge is 0.306 e. The van der Waals surface area contributed by atoms with Crippen LogP contribution in [0.4, 0.5) is 0 Å². The molecule has 6 nitrogen and oxygen atoms in total. The van der Waals surface area contributed by atoms with Crippen molar-refractivity contribution in [2.75, 3.05) is 33.3 Å². The Bertz CT molecular complexity index is 640. The second kappa shape index (κ2) is 8.54. The van der Waals surface area contributed by atoms with E-state index in [0.717, 1.165) is 31.7 Å². The number of methoxy groups -OCH3 is 1. The van der Waals surface area contributed by atoms with E-state index in [9.17, 15) is 9.59 Å². The molecule has 1 amide bonds. The van der Waals surface area contributed by atoms with Gasteiger partial charge in [0.05, 0.1) is 13.0 Å². The van der Waals surface area contributed by atoms with E-state index in [-0.39, 0.29) is 11.8 Å². The molecule has 2 fully saturated rings. The van der Waals surface area contributed by atoms with Crippen molar-refractivity contribution in [3.63, 3.8) is 0 Å². The summed E-state index contributed by atoms with van der Waals surface area (Å²) in [5, 5.41) is 9.07. The molecule has 1 unspecified atom stereocenters. The van der Waals surface area contributed by atoms with Gasteiger partial charge in [0.1, 0.15) is 5.75 Å². The molecule has 0 saturated carbocycles. The third kappa shape index (κ3) is 4.18. The predicted octanol–water partition coefficient (Wildman–Crippen LogP) is 2.55. The molecule has 0 aliphatic carbocycles. The predicted molar refractivity (Wildman–Crippen MR) is 98.1 cm³/mol. The lowest BCUT2D eigenvalue weighted by Crippen LogP contribution is -2.41. The average Bonchev–Trinajstić information content (AvgIpc) is 3.14. The number of piperidine rings is 1. The van der Waals surface area contributed by atoms with E-state index in [0.29, 0.717) is 38.4 Å². The van der Waals surface area contributed by atoms with Crippen LogP contribution in [0.3, 0.4) is 0 Å². The molecule has 3 rings (SSSR count). The highest BCUT2D eigenvalue weighted by Crippen LogP contribution is 2.36. The molecule has 0 bridgehead atoms. The van der Waals surface area contributed by atoms with Gasteiger partial charge in [-0.2, -0.15) is 0 Å². The maximum atomic E-state index is 12.5. The van der Waals surface area contributed by atoms with Crippen LogP contribution in [0.5, 0.6) is 5.75 Å². The van der Waals surface area contributed by atoms with E-state index < -0.39 is 5.97 Å². The topological polar surface area (TPSA) is 70.1 Å². The fraction of sp³-hybridized carbons (Fsp3) is 0.600. The fourth-order valence-corrected chi connectivity index (χ4v) is 4.16. The molecule has 0 aromatic heterocycles. The van der Waals surface area contributed by atoms with Gasteiger partial charge >= 0.3 is 5.97 Å². The Morgan fingerprint density at radius 2 is 1.88 bits per heavy atom. The third-order valence-electron chi connectivity index (χ3n) is 5.67. The molecule has 1 aromatic rings. The molecule has 0 radical (unpaired) electrons. The first-order chi connectivity index (χ1) is 12.6. The van der Waals surface area contributed by atoms with Crippen molar-refractivity contribution in [2.24, 2.45) is 5.92 Å². The second-order valence-corrected chi connectivity index (χ2v) is 7.18. The number of carbonyl (C=O) groups excluding carboxylic acids is 1. The summed E-state index contributed by atoms with van der Waals surface area (Å²) in [6.07, 6.45) is 3.83. The van der Waals surface area contributed by atoms with Crippen molar-refractivity contribution in [2.45, 2.75) is 38.1 Å². The highest BCUT2D eigenvalue weighted by Gasteiger charge is 2.30. The lowest BCUT2D eigenvalue weighted by atomic mass is 9.97. The lowest BCUT2D eigenvalue weighted by Gasteiger charge is -2.31. The Kier molecular flexibility index (Phi) is 6.14. The number of aliphatic carboxylic acids is 1. The zero-order chi connectivity index (χ0) is 18.5. The quantitative estimate of drug-likeness (QED) is 0.844. The van der Waals surface area contributed by atoms with Crippen LogP contribution in [0, 0.1) is 5.92 Å². The first kappa shape index (κ1) is 18.7. The fourth-order valence-electron chi connectivity index (χ4n) is 4.16. The van der Waals surface area contributed by atoms with E-state index >= 15 is 0 Å². The minimum atomic E-state index is -0.742. The number of amides is 1. The van der Waals surface area contributed by atoms with Crippen LogP contribution in [0.2, 0.25) is 0 Å². The van der Waals surface area contributed by atoms with Crippen molar-refractivity contribution < 1.29 is 19.4 Å². The molecule has 6 heteroatoms. The highest BCUT2D eigenvalue weighted by molar-refractivity contribution is 5.77. The van der Waals surface area contributed by atoms with E-state index in [1.807, 2.05) is 23.1 Å². The zero-order valence-corrected chi connectivity index (χ0v) is 15.4. The van der Waals surface area contributed by atoms with Gasteiger partial charge in [0.2, 0.25) is 5.91 Å².